The maximum atomic E-state index is 11.1. The van der Waals surface area contributed by atoms with Gasteiger partial charge in [0.2, 0.25) is 0 Å². The van der Waals surface area contributed by atoms with Crippen LogP contribution in [0, 0.1) is 13.8 Å². The van der Waals surface area contributed by atoms with Gasteiger partial charge in [-0.2, -0.15) is 0 Å². The molecule has 0 aliphatic carbocycles. The lowest BCUT2D eigenvalue weighted by molar-refractivity contribution is 0.0701. The molecule has 0 radical (unpaired) electrons. The second-order valence-electron chi connectivity index (χ2n) is 6.04. The van der Waals surface area contributed by atoms with E-state index in [0.29, 0.717) is 17.2 Å². The van der Waals surface area contributed by atoms with Crippen LogP contribution in [0.5, 0.6) is 5.75 Å². The Morgan fingerprint density at radius 3 is 2.68 bits per heavy atom. The van der Waals surface area contributed by atoms with Crippen LogP contribution < -0.4 is 4.74 Å². The maximum Gasteiger partial charge on any atom is 0.347 e. The van der Waals surface area contributed by atoms with E-state index >= 15 is 0 Å². The highest BCUT2D eigenvalue weighted by molar-refractivity contribution is 7.13. The van der Waals surface area contributed by atoms with Crippen molar-refractivity contribution in [3.63, 3.8) is 0 Å². The van der Waals surface area contributed by atoms with Gasteiger partial charge in [-0.05, 0) is 38.0 Å². The summed E-state index contributed by atoms with van der Waals surface area (Å²) in [4.78, 5) is 15.9. The summed E-state index contributed by atoms with van der Waals surface area (Å²) in [6.45, 7) is 8.47. The normalized spacial score (nSPS) is 11.5. The molecule has 22 heavy (non-hydrogen) atoms. The molecule has 1 aromatic heterocycles. The van der Waals surface area contributed by atoms with Crippen molar-refractivity contribution in [2.24, 2.45) is 0 Å². The van der Waals surface area contributed by atoms with Gasteiger partial charge in [-0.3, -0.25) is 0 Å². The fourth-order valence-corrected chi connectivity index (χ4v) is 3.16. The summed E-state index contributed by atoms with van der Waals surface area (Å²) in [5.41, 5.74) is 1.53. The standard InChI is InChI=1S/C17H21NO3S/c1-11-6-5-7-13(10-11)21-9-8-17(3,4)16-18-12(2)14(22-16)15(19)20/h5-7,10H,8-9H2,1-4H3,(H,19,20). The average Bonchev–Trinajstić information content (AvgIpc) is 2.82. The van der Waals surface area contributed by atoms with Gasteiger partial charge in [0.15, 0.2) is 0 Å². The van der Waals surface area contributed by atoms with Crippen LogP contribution in [0.4, 0.5) is 0 Å². The molecule has 1 aromatic carbocycles. The SMILES string of the molecule is Cc1cccc(OCCC(C)(C)c2nc(C)c(C(=O)O)s2)c1. The minimum Gasteiger partial charge on any atom is -0.494 e. The molecule has 0 atom stereocenters. The number of aromatic carboxylic acids is 1. The first-order valence-corrected chi connectivity index (χ1v) is 8.02. The molecule has 0 saturated carbocycles. The fraction of sp³-hybridized carbons (Fsp3) is 0.412. The molecule has 0 aliphatic heterocycles. The molecule has 4 nitrogen and oxygen atoms in total. The summed E-state index contributed by atoms with van der Waals surface area (Å²) in [5.74, 6) is -0.0506. The van der Waals surface area contributed by atoms with Crippen molar-refractivity contribution in [1.82, 2.24) is 4.98 Å². The number of ether oxygens (including phenoxy) is 1. The predicted molar refractivity (Wildman–Crippen MR) is 88.1 cm³/mol. The Labute approximate surface area is 134 Å². The van der Waals surface area contributed by atoms with Gasteiger partial charge < -0.3 is 9.84 Å². The molecular formula is C17H21NO3S. The van der Waals surface area contributed by atoms with Crippen LogP contribution in [0.1, 0.15) is 46.2 Å². The summed E-state index contributed by atoms with van der Waals surface area (Å²) < 4.78 is 5.79. The smallest absolute Gasteiger partial charge is 0.347 e. The third kappa shape index (κ3) is 3.85. The van der Waals surface area contributed by atoms with Gasteiger partial charge in [-0.25, -0.2) is 9.78 Å². The van der Waals surface area contributed by atoms with E-state index in [9.17, 15) is 4.79 Å². The Hall–Kier alpha value is -1.88. The first-order valence-electron chi connectivity index (χ1n) is 7.20. The molecule has 0 unspecified atom stereocenters. The number of nitrogens with zero attached hydrogens (tertiary/aromatic N) is 1. The Morgan fingerprint density at radius 2 is 2.09 bits per heavy atom. The highest BCUT2D eigenvalue weighted by Crippen LogP contribution is 2.32. The molecule has 1 N–H and O–H groups in total. The average molecular weight is 319 g/mol. The van der Waals surface area contributed by atoms with Gasteiger partial charge >= 0.3 is 5.97 Å². The van der Waals surface area contributed by atoms with Crippen LogP contribution in [-0.2, 0) is 5.41 Å². The number of carbonyl (C=O) groups is 1. The zero-order chi connectivity index (χ0) is 16.3. The topological polar surface area (TPSA) is 59.4 Å². The van der Waals surface area contributed by atoms with E-state index in [1.54, 1.807) is 6.92 Å². The number of carboxylic acids is 1. The minimum atomic E-state index is -0.909. The fourth-order valence-electron chi connectivity index (χ4n) is 2.12. The van der Waals surface area contributed by atoms with Gasteiger partial charge in [0, 0.05) is 5.41 Å². The molecule has 0 spiro atoms. The first-order chi connectivity index (χ1) is 10.3. The van der Waals surface area contributed by atoms with Crippen LogP contribution in [0.3, 0.4) is 0 Å². The monoisotopic (exact) mass is 319 g/mol. The van der Waals surface area contributed by atoms with Gasteiger partial charge in [0.05, 0.1) is 17.3 Å². The van der Waals surface area contributed by atoms with Crippen LogP contribution in [-0.4, -0.2) is 22.7 Å². The van der Waals surface area contributed by atoms with E-state index in [4.69, 9.17) is 9.84 Å². The van der Waals surface area contributed by atoms with E-state index in [-0.39, 0.29) is 5.41 Å². The lowest BCUT2D eigenvalue weighted by Crippen LogP contribution is -2.20. The number of carboxylic acid groups (broad SMARTS) is 1. The lowest BCUT2D eigenvalue weighted by atomic mass is 9.90. The van der Waals surface area contributed by atoms with Crippen molar-refractivity contribution < 1.29 is 14.6 Å². The summed E-state index contributed by atoms with van der Waals surface area (Å²) in [5, 5.41) is 9.98. The van der Waals surface area contributed by atoms with Crippen molar-refractivity contribution in [2.45, 2.75) is 39.5 Å². The largest absolute Gasteiger partial charge is 0.494 e. The van der Waals surface area contributed by atoms with Gasteiger partial charge in [-0.15, -0.1) is 11.3 Å². The molecule has 5 heteroatoms. The van der Waals surface area contributed by atoms with Crippen LogP contribution >= 0.6 is 11.3 Å². The van der Waals surface area contributed by atoms with Gasteiger partial charge in [-0.1, -0.05) is 26.0 Å². The zero-order valence-electron chi connectivity index (χ0n) is 13.3. The van der Waals surface area contributed by atoms with Crippen molar-refractivity contribution in [1.29, 1.82) is 0 Å². The number of hydrogen-bond acceptors (Lipinski definition) is 4. The van der Waals surface area contributed by atoms with E-state index in [2.05, 4.69) is 18.8 Å². The molecule has 2 aromatic rings. The number of thiazole rings is 1. The van der Waals surface area contributed by atoms with E-state index in [1.165, 1.54) is 16.9 Å². The molecule has 0 aliphatic rings. The van der Waals surface area contributed by atoms with Crippen LogP contribution in [0.25, 0.3) is 0 Å². The van der Waals surface area contributed by atoms with E-state index in [0.717, 1.165) is 17.2 Å². The Morgan fingerprint density at radius 1 is 1.36 bits per heavy atom. The number of aryl methyl sites for hydroxylation is 2. The third-order valence-electron chi connectivity index (χ3n) is 3.56. The van der Waals surface area contributed by atoms with Gasteiger partial charge in [0.1, 0.15) is 10.6 Å². The molecular weight excluding hydrogens is 298 g/mol. The number of rotatable bonds is 6. The summed E-state index contributed by atoms with van der Waals surface area (Å²) in [6, 6.07) is 7.95. The van der Waals surface area contributed by atoms with Crippen molar-refractivity contribution >= 4 is 17.3 Å². The predicted octanol–water partition coefficient (Wildman–Crippen LogP) is 4.20. The molecule has 1 heterocycles. The Balaban J connectivity index is 2.01. The highest BCUT2D eigenvalue weighted by Gasteiger charge is 2.27. The van der Waals surface area contributed by atoms with Crippen molar-refractivity contribution in [3.05, 3.63) is 45.4 Å². The number of aromatic nitrogens is 1. The number of benzene rings is 1. The van der Waals surface area contributed by atoms with Crippen LogP contribution in [0.2, 0.25) is 0 Å². The summed E-state index contributed by atoms with van der Waals surface area (Å²) >= 11 is 1.26. The molecule has 0 saturated heterocycles. The second-order valence-corrected chi connectivity index (χ2v) is 7.04. The van der Waals surface area contributed by atoms with E-state index in [1.807, 2.05) is 31.2 Å². The first kappa shape index (κ1) is 16.5. The third-order valence-corrected chi connectivity index (χ3v) is 5.07. The minimum absolute atomic E-state index is 0.215. The number of hydrogen-bond donors (Lipinski definition) is 1. The Bertz CT molecular complexity index is 676. The maximum absolute atomic E-state index is 11.1. The van der Waals surface area contributed by atoms with Gasteiger partial charge in [0.25, 0.3) is 0 Å². The summed E-state index contributed by atoms with van der Waals surface area (Å²) in [7, 11) is 0. The molecule has 0 fully saturated rings. The molecule has 118 valence electrons. The zero-order valence-corrected chi connectivity index (χ0v) is 14.2. The summed E-state index contributed by atoms with van der Waals surface area (Å²) in [6.07, 6.45) is 0.771. The molecule has 0 amide bonds. The van der Waals surface area contributed by atoms with Crippen molar-refractivity contribution in [2.75, 3.05) is 6.61 Å². The highest BCUT2D eigenvalue weighted by atomic mass is 32.1. The lowest BCUT2D eigenvalue weighted by Gasteiger charge is -2.22. The van der Waals surface area contributed by atoms with E-state index < -0.39 is 5.97 Å². The Kier molecular flexibility index (Phi) is 4.86. The molecule has 0 bridgehead atoms. The second kappa shape index (κ2) is 6.48. The van der Waals surface area contributed by atoms with Crippen LogP contribution in [0.15, 0.2) is 24.3 Å². The van der Waals surface area contributed by atoms with Crippen molar-refractivity contribution in [3.8, 4) is 5.75 Å². The molecule has 2 rings (SSSR count). The quantitative estimate of drug-likeness (QED) is 0.866.